The van der Waals surface area contributed by atoms with Crippen molar-refractivity contribution in [3.8, 4) is 0 Å². The number of rotatable bonds is 8. The maximum Gasteiger partial charge on any atom is 0.161 e. The van der Waals surface area contributed by atoms with Crippen molar-refractivity contribution in [2.45, 2.75) is 53.9 Å². The number of carbonyl (C=O) groups is 2. The van der Waals surface area contributed by atoms with Gasteiger partial charge in [0.1, 0.15) is 11.6 Å². The van der Waals surface area contributed by atoms with Gasteiger partial charge in [0.15, 0.2) is 5.78 Å². The highest BCUT2D eigenvalue weighted by Gasteiger charge is 2.25. The molecule has 0 N–H and O–H groups in total. The number of likely N-dealkylation sites (tertiary alicyclic amines) is 1. The molecule has 3 rings (SSSR count). The Morgan fingerprint density at radius 3 is 2.19 bits per heavy atom. The summed E-state index contributed by atoms with van der Waals surface area (Å²) in [5.74, 6) is 2.35. The zero-order chi connectivity index (χ0) is 22.8. The summed E-state index contributed by atoms with van der Waals surface area (Å²) in [4.78, 5) is 35.3. The highest BCUT2D eigenvalue weighted by atomic mass is 16.1. The van der Waals surface area contributed by atoms with Crippen molar-refractivity contribution in [1.82, 2.24) is 14.8 Å². The number of aromatic nitrogens is 1. The smallest absolute Gasteiger partial charge is 0.161 e. The Morgan fingerprint density at radius 2 is 1.68 bits per heavy atom. The molecule has 174 valence electrons. The van der Waals surface area contributed by atoms with Crippen molar-refractivity contribution >= 4 is 17.4 Å². The molecule has 6 nitrogen and oxygen atoms in total. The lowest BCUT2D eigenvalue weighted by molar-refractivity contribution is -0.124. The molecule has 6 heteroatoms. The second-order valence-corrected chi connectivity index (χ2v) is 8.74. The van der Waals surface area contributed by atoms with Gasteiger partial charge >= 0.3 is 0 Å². The third kappa shape index (κ3) is 7.69. The van der Waals surface area contributed by atoms with Gasteiger partial charge in [-0.25, -0.2) is 4.98 Å². The van der Waals surface area contributed by atoms with Crippen molar-refractivity contribution in [2.24, 2.45) is 11.8 Å². The van der Waals surface area contributed by atoms with Gasteiger partial charge in [0.2, 0.25) is 0 Å². The summed E-state index contributed by atoms with van der Waals surface area (Å²) in [5.41, 5.74) is 0.671. The summed E-state index contributed by atoms with van der Waals surface area (Å²) in [5, 5.41) is 0. The van der Waals surface area contributed by atoms with Crippen molar-refractivity contribution in [1.29, 1.82) is 0 Å². The molecule has 1 atom stereocenters. The zero-order valence-corrected chi connectivity index (χ0v) is 20.3. The van der Waals surface area contributed by atoms with E-state index < -0.39 is 0 Å². The number of piperazine rings is 1. The van der Waals surface area contributed by atoms with E-state index in [4.69, 9.17) is 0 Å². The summed E-state index contributed by atoms with van der Waals surface area (Å²) in [6, 6.07) is 3.83. The molecule has 2 fully saturated rings. The van der Waals surface area contributed by atoms with Crippen molar-refractivity contribution < 1.29 is 9.59 Å². The fraction of sp³-hybridized carbons (Fsp3) is 0.720. The fourth-order valence-electron chi connectivity index (χ4n) is 4.24. The van der Waals surface area contributed by atoms with Gasteiger partial charge in [0.05, 0.1) is 6.54 Å². The van der Waals surface area contributed by atoms with Crippen molar-refractivity contribution in [2.75, 3.05) is 57.3 Å². The van der Waals surface area contributed by atoms with Crippen LogP contribution >= 0.6 is 0 Å². The molecule has 0 saturated carbocycles. The molecule has 0 aromatic carbocycles. The van der Waals surface area contributed by atoms with Gasteiger partial charge < -0.3 is 4.90 Å². The summed E-state index contributed by atoms with van der Waals surface area (Å²) < 4.78 is 0. The van der Waals surface area contributed by atoms with Crippen molar-refractivity contribution in [3.63, 3.8) is 0 Å². The summed E-state index contributed by atoms with van der Waals surface area (Å²) in [6.45, 7) is 17.7. The maximum absolute atomic E-state index is 12.2. The molecule has 2 aliphatic heterocycles. The number of anilines is 1. The standard InChI is InChI=1S/C23H36N4O2.C2H6/c1-4-18(2)22(29)17-25-9-7-20(8-10-25)16-26-11-13-27(14-12-26)23-6-5-21(15-24-23)19(3)28;1-2/h5-6,15,18,20H,4,7-14,16-17H2,1-3H3;1-2H3. The third-order valence-electron chi connectivity index (χ3n) is 6.62. The van der Waals surface area contributed by atoms with E-state index in [1.54, 1.807) is 13.1 Å². The largest absolute Gasteiger partial charge is 0.354 e. The third-order valence-corrected chi connectivity index (χ3v) is 6.62. The average molecular weight is 431 g/mol. The van der Waals surface area contributed by atoms with Crippen LogP contribution in [0.3, 0.4) is 0 Å². The van der Waals surface area contributed by atoms with Crippen LogP contribution in [0.1, 0.15) is 64.2 Å². The quantitative estimate of drug-likeness (QED) is 0.586. The molecule has 0 spiro atoms. The summed E-state index contributed by atoms with van der Waals surface area (Å²) in [6.07, 6.45) is 5.02. The molecule has 0 aliphatic carbocycles. The van der Waals surface area contributed by atoms with Gasteiger partial charge in [-0.15, -0.1) is 0 Å². The minimum atomic E-state index is 0.0594. The molecule has 1 aromatic heterocycles. The van der Waals surface area contributed by atoms with Gasteiger partial charge in [0, 0.05) is 50.4 Å². The number of pyridine rings is 1. The molecule has 1 unspecified atom stereocenters. The number of hydrogen-bond donors (Lipinski definition) is 0. The van der Waals surface area contributed by atoms with Crippen LogP contribution in [-0.2, 0) is 4.79 Å². The second-order valence-electron chi connectivity index (χ2n) is 8.74. The molecule has 31 heavy (non-hydrogen) atoms. The molecule has 0 radical (unpaired) electrons. The first-order valence-corrected chi connectivity index (χ1v) is 12.2. The van der Waals surface area contributed by atoms with Gasteiger partial charge in [-0.05, 0) is 57.3 Å². The van der Waals surface area contributed by atoms with Gasteiger partial charge in [-0.2, -0.15) is 0 Å². The van der Waals surface area contributed by atoms with Crippen LogP contribution in [-0.4, -0.2) is 78.7 Å². The Kier molecular flexibility index (Phi) is 10.6. The minimum absolute atomic E-state index is 0.0594. The number of ketones is 2. The SMILES string of the molecule is CC.CCC(C)C(=O)CN1CCC(CN2CCN(c3ccc(C(C)=O)cn3)CC2)CC1. The van der Waals surface area contributed by atoms with Crippen LogP contribution in [0.25, 0.3) is 0 Å². The Morgan fingerprint density at radius 1 is 1.03 bits per heavy atom. The van der Waals surface area contributed by atoms with E-state index in [1.165, 1.54) is 12.8 Å². The predicted octanol–water partition coefficient (Wildman–Crippen LogP) is 3.76. The van der Waals surface area contributed by atoms with Crippen LogP contribution in [0.15, 0.2) is 18.3 Å². The predicted molar refractivity (Wildman–Crippen MR) is 128 cm³/mol. The second kappa shape index (κ2) is 12.9. The maximum atomic E-state index is 12.2. The summed E-state index contributed by atoms with van der Waals surface area (Å²) >= 11 is 0. The topological polar surface area (TPSA) is 56.8 Å². The lowest BCUT2D eigenvalue weighted by Gasteiger charge is -2.39. The van der Waals surface area contributed by atoms with Crippen LogP contribution < -0.4 is 4.90 Å². The highest BCUT2D eigenvalue weighted by Crippen LogP contribution is 2.21. The minimum Gasteiger partial charge on any atom is -0.354 e. The van der Waals surface area contributed by atoms with Crippen LogP contribution in [0.4, 0.5) is 5.82 Å². The van der Waals surface area contributed by atoms with E-state index in [0.717, 1.165) is 64.0 Å². The lowest BCUT2D eigenvalue weighted by Crippen LogP contribution is -2.49. The number of Topliss-reactive ketones (excluding diaryl/α,β-unsaturated/α-hetero) is 2. The summed E-state index contributed by atoms with van der Waals surface area (Å²) in [7, 11) is 0. The highest BCUT2D eigenvalue weighted by molar-refractivity contribution is 5.93. The molecule has 2 saturated heterocycles. The van der Waals surface area contributed by atoms with Crippen LogP contribution in [0.2, 0.25) is 0 Å². The molecule has 1 aromatic rings. The number of piperidine rings is 1. The molecular weight excluding hydrogens is 388 g/mol. The number of hydrogen-bond acceptors (Lipinski definition) is 6. The van der Waals surface area contributed by atoms with Gasteiger partial charge in [-0.3, -0.25) is 19.4 Å². The monoisotopic (exact) mass is 430 g/mol. The first kappa shape index (κ1) is 25.5. The molecule has 0 amide bonds. The number of carbonyl (C=O) groups excluding carboxylic acids is 2. The van der Waals surface area contributed by atoms with E-state index in [1.807, 2.05) is 32.9 Å². The Bertz CT molecular complexity index is 675. The molecule has 3 heterocycles. The first-order valence-electron chi connectivity index (χ1n) is 12.2. The molecule has 0 bridgehead atoms. The number of nitrogens with zero attached hydrogens (tertiary/aromatic N) is 4. The Balaban J connectivity index is 0.00000166. The zero-order valence-electron chi connectivity index (χ0n) is 20.3. The normalized spacial score (nSPS) is 19.5. The van der Waals surface area contributed by atoms with E-state index in [9.17, 15) is 9.59 Å². The fourth-order valence-corrected chi connectivity index (χ4v) is 4.24. The Hall–Kier alpha value is -1.79. The van der Waals surface area contributed by atoms with Crippen LogP contribution in [0.5, 0.6) is 0 Å². The Labute approximate surface area is 189 Å². The van der Waals surface area contributed by atoms with E-state index in [-0.39, 0.29) is 11.7 Å². The van der Waals surface area contributed by atoms with E-state index >= 15 is 0 Å². The lowest BCUT2D eigenvalue weighted by atomic mass is 9.95. The van der Waals surface area contributed by atoms with E-state index in [2.05, 4.69) is 26.6 Å². The average Bonchev–Trinajstić information content (AvgIpc) is 2.81. The van der Waals surface area contributed by atoms with Gasteiger partial charge in [0.25, 0.3) is 0 Å². The van der Waals surface area contributed by atoms with Crippen LogP contribution in [0, 0.1) is 11.8 Å². The molecule has 2 aliphatic rings. The van der Waals surface area contributed by atoms with Crippen molar-refractivity contribution in [3.05, 3.63) is 23.9 Å². The molecular formula is C25H42N4O2. The van der Waals surface area contributed by atoms with E-state index in [0.29, 0.717) is 17.9 Å². The first-order chi connectivity index (χ1) is 15.0. The van der Waals surface area contributed by atoms with Gasteiger partial charge in [-0.1, -0.05) is 27.7 Å².